The number of likely N-dealkylation sites (N-methyl/N-ethyl adjacent to an activating group) is 1. The second-order valence-corrected chi connectivity index (χ2v) is 6.55. The summed E-state index contributed by atoms with van der Waals surface area (Å²) in [5, 5.41) is 2.79. The molecule has 0 radical (unpaired) electrons. The molecule has 0 aromatic heterocycles. The third-order valence-corrected chi connectivity index (χ3v) is 4.74. The molecule has 1 fully saturated rings. The van der Waals surface area contributed by atoms with E-state index in [1.165, 1.54) is 6.07 Å². The maximum atomic E-state index is 13.6. The summed E-state index contributed by atoms with van der Waals surface area (Å²) in [6, 6.07) is 6.49. The van der Waals surface area contributed by atoms with E-state index in [1.54, 1.807) is 25.1 Å². The van der Waals surface area contributed by atoms with Crippen molar-refractivity contribution in [3.05, 3.63) is 35.6 Å². The van der Waals surface area contributed by atoms with Crippen molar-refractivity contribution in [2.75, 3.05) is 39.3 Å². The zero-order chi connectivity index (χ0) is 18.2. The topological polar surface area (TPSA) is 52.6 Å². The molecule has 2 rings (SSSR count). The van der Waals surface area contributed by atoms with Gasteiger partial charge in [-0.3, -0.25) is 9.59 Å². The minimum Gasteiger partial charge on any atom is -0.355 e. The molecular formula is C19H28FN3O2. The number of halogens is 1. The Morgan fingerprint density at radius 2 is 1.88 bits per heavy atom. The molecule has 1 aliphatic heterocycles. The summed E-state index contributed by atoms with van der Waals surface area (Å²) >= 11 is 0. The number of amides is 2. The number of hydrogen-bond acceptors (Lipinski definition) is 3. The van der Waals surface area contributed by atoms with Crippen molar-refractivity contribution in [3.8, 4) is 0 Å². The SMILES string of the molecule is CCN1CCN(C(=O)CCNC(=O)C(C)Cc2ccccc2F)CC1. The van der Waals surface area contributed by atoms with Gasteiger partial charge in [0, 0.05) is 45.1 Å². The minimum absolute atomic E-state index is 0.0813. The highest BCUT2D eigenvalue weighted by atomic mass is 19.1. The molecule has 1 saturated heterocycles. The van der Waals surface area contributed by atoms with Crippen LogP contribution in [0.3, 0.4) is 0 Å². The van der Waals surface area contributed by atoms with E-state index in [1.807, 2.05) is 4.90 Å². The number of piperazine rings is 1. The quantitative estimate of drug-likeness (QED) is 0.815. The van der Waals surface area contributed by atoms with E-state index in [0.29, 0.717) is 24.9 Å². The standard InChI is InChI=1S/C19H28FN3O2/c1-3-22-10-12-23(13-11-22)18(24)8-9-21-19(25)15(2)14-16-6-4-5-7-17(16)20/h4-7,15H,3,8-14H2,1-2H3,(H,21,25). The third-order valence-electron chi connectivity index (χ3n) is 4.74. The van der Waals surface area contributed by atoms with Gasteiger partial charge in [0.15, 0.2) is 0 Å². The monoisotopic (exact) mass is 349 g/mol. The van der Waals surface area contributed by atoms with Gasteiger partial charge in [-0.1, -0.05) is 32.0 Å². The fraction of sp³-hybridized carbons (Fsp3) is 0.579. The first-order chi connectivity index (χ1) is 12.0. The van der Waals surface area contributed by atoms with Crippen molar-refractivity contribution in [1.82, 2.24) is 15.1 Å². The average molecular weight is 349 g/mol. The minimum atomic E-state index is -0.333. The largest absolute Gasteiger partial charge is 0.355 e. The lowest BCUT2D eigenvalue weighted by molar-refractivity contribution is -0.133. The first kappa shape index (κ1) is 19.4. The number of nitrogens with one attached hydrogen (secondary N) is 1. The maximum Gasteiger partial charge on any atom is 0.224 e. The van der Waals surface area contributed by atoms with Crippen LogP contribution in [0, 0.1) is 11.7 Å². The molecule has 0 bridgehead atoms. The van der Waals surface area contributed by atoms with E-state index in [0.717, 1.165) is 32.7 Å². The Morgan fingerprint density at radius 3 is 2.52 bits per heavy atom. The number of hydrogen-bond donors (Lipinski definition) is 1. The smallest absolute Gasteiger partial charge is 0.224 e. The fourth-order valence-corrected chi connectivity index (χ4v) is 3.02. The number of carbonyl (C=O) groups is 2. The molecule has 1 N–H and O–H groups in total. The van der Waals surface area contributed by atoms with Crippen molar-refractivity contribution < 1.29 is 14.0 Å². The highest BCUT2D eigenvalue weighted by Gasteiger charge is 2.20. The second kappa shape index (κ2) is 9.51. The van der Waals surface area contributed by atoms with Crippen LogP contribution in [0.2, 0.25) is 0 Å². The molecule has 138 valence electrons. The molecular weight excluding hydrogens is 321 g/mol. The van der Waals surface area contributed by atoms with Crippen LogP contribution in [-0.2, 0) is 16.0 Å². The summed E-state index contributed by atoms with van der Waals surface area (Å²) in [5.41, 5.74) is 0.537. The highest BCUT2D eigenvalue weighted by molar-refractivity contribution is 5.80. The molecule has 0 saturated carbocycles. The van der Waals surface area contributed by atoms with Gasteiger partial charge < -0.3 is 15.1 Å². The zero-order valence-electron chi connectivity index (χ0n) is 15.1. The summed E-state index contributed by atoms with van der Waals surface area (Å²) in [4.78, 5) is 28.5. The number of nitrogens with zero attached hydrogens (tertiary/aromatic N) is 2. The summed E-state index contributed by atoms with van der Waals surface area (Å²) < 4.78 is 13.6. The van der Waals surface area contributed by atoms with Crippen LogP contribution in [-0.4, -0.2) is 60.9 Å². The average Bonchev–Trinajstić information content (AvgIpc) is 2.63. The van der Waals surface area contributed by atoms with Crippen LogP contribution in [0.25, 0.3) is 0 Å². The van der Waals surface area contributed by atoms with Crippen molar-refractivity contribution in [1.29, 1.82) is 0 Å². The predicted molar refractivity (Wildman–Crippen MR) is 95.6 cm³/mol. The van der Waals surface area contributed by atoms with Crippen LogP contribution >= 0.6 is 0 Å². The summed E-state index contributed by atoms with van der Waals surface area (Å²) in [6.45, 7) is 8.56. The van der Waals surface area contributed by atoms with Crippen LogP contribution in [0.1, 0.15) is 25.8 Å². The molecule has 1 aromatic carbocycles. The highest BCUT2D eigenvalue weighted by Crippen LogP contribution is 2.12. The lowest BCUT2D eigenvalue weighted by Crippen LogP contribution is -2.49. The molecule has 1 unspecified atom stereocenters. The molecule has 1 atom stereocenters. The Bertz CT molecular complexity index is 586. The van der Waals surface area contributed by atoms with Crippen LogP contribution < -0.4 is 5.32 Å². The molecule has 0 spiro atoms. The molecule has 5 nitrogen and oxygen atoms in total. The van der Waals surface area contributed by atoms with Gasteiger partial charge in [0.1, 0.15) is 5.82 Å². The van der Waals surface area contributed by atoms with E-state index >= 15 is 0 Å². The van der Waals surface area contributed by atoms with Gasteiger partial charge >= 0.3 is 0 Å². The number of carbonyl (C=O) groups excluding carboxylic acids is 2. The Kier molecular flexibility index (Phi) is 7.37. The van der Waals surface area contributed by atoms with Crippen LogP contribution in [0.5, 0.6) is 0 Å². The predicted octanol–water partition coefficient (Wildman–Crippen LogP) is 1.67. The molecule has 6 heteroatoms. The fourth-order valence-electron chi connectivity index (χ4n) is 3.02. The lowest BCUT2D eigenvalue weighted by Gasteiger charge is -2.34. The third kappa shape index (κ3) is 5.81. The lowest BCUT2D eigenvalue weighted by atomic mass is 10.00. The molecule has 1 heterocycles. The molecule has 0 aliphatic carbocycles. The molecule has 1 aromatic rings. The van der Waals surface area contributed by atoms with Crippen molar-refractivity contribution in [2.24, 2.45) is 5.92 Å². The molecule has 25 heavy (non-hydrogen) atoms. The van der Waals surface area contributed by atoms with Gasteiger partial charge in [-0.25, -0.2) is 4.39 Å². The van der Waals surface area contributed by atoms with E-state index in [-0.39, 0.29) is 23.5 Å². The van der Waals surface area contributed by atoms with Gasteiger partial charge in [0.05, 0.1) is 0 Å². The summed E-state index contributed by atoms with van der Waals surface area (Å²) in [7, 11) is 0. The summed E-state index contributed by atoms with van der Waals surface area (Å²) in [6.07, 6.45) is 0.662. The van der Waals surface area contributed by atoms with Gasteiger partial charge in [-0.2, -0.15) is 0 Å². The number of benzene rings is 1. The van der Waals surface area contributed by atoms with E-state index in [2.05, 4.69) is 17.1 Å². The van der Waals surface area contributed by atoms with Gasteiger partial charge in [0.2, 0.25) is 11.8 Å². The van der Waals surface area contributed by atoms with Crippen molar-refractivity contribution >= 4 is 11.8 Å². The second-order valence-electron chi connectivity index (χ2n) is 6.55. The normalized spacial score (nSPS) is 16.5. The maximum absolute atomic E-state index is 13.6. The van der Waals surface area contributed by atoms with Crippen LogP contribution in [0.4, 0.5) is 4.39 Å². The van der Waals surface area contributed by atoms with E-state index in [9.17, 15) is 14.0 Å². The first-order valence-electron chi connectivity index (χ1n) is 9.02. The van der Waals surface area contributed by atoms with E-state index in [4.69, 9.17) is 0 Å². The first-order valence-corrected chi connectivity index (χ1v) is 9.02. The molecule has 2 amide bonds. The van der Waals surface area contributed by atoms with Crippen LogP contribution in [0.15, 0.2) is 24.3 Å². The van der Waals surface area contributed by atoms with Crippen molar-refractivity contribution in [2.45, 2.75) is 26.7 Å². The Balaban J connectivity index is 1.69. The Labute approximate surface area is 149 Å². The van der Waals surface area contributed by atoms with Gasteiger partial charge in [0.25, 0.3) is 0 Å². The van der Waals surface area contributed by atoms with Gasteiger partial charge in [-0.15, -0.1) is 0 Å². The van der Waals surface area contributed by atoms with E-state index < -0.39 is 0 Å². The Morgan fingerprint density at radius 1 is 1.20 bits per heavy atom. The summed E-state index contributed by atoms with van der Waals surface area (Å²) in [5.74, 6) is -0.687. The van der Waals surface area contributed by atoms with Crippen molar-refractivity contribution in [3.63, 3.8) is 0 Å². The zero-order valence-corrected chi connectivity index (χ0v) is 15.1. The van der Waals surface area contributed by atoms with Gasteiger partial charge in [-0.05, 0) is 24.6 Å². The Hall–Kier alpha value is -1.95. The molecule has 1 aliphatic rings. The number of rotatable bonds is 7.